The molecule has 1 saturated heterocycles. The number of nitrogen functional groups attached to an aromatic ring is 1. The number of hydrogen-bond acceptors (Lipinski definition) is 6. The van der Waals surface area contributed by atoms with Crippen molar-refractivity contribution in [3.05, 3.63) is 75.7 Å². The van der Waals surface area contributed by atoms with Crippen LogP contribution in [0.25, 0.3) is 0 Å². The van der Waals surface area contributed by atoms with Crippen molar-refractivity contribution in [2.75, 3.05) is 30.8 Å². The molecule has 2 atom stereocenters. The summed E-state index contributed by atoms with van der Waals surface area (Å²) in [6.45, 7) is 5.94. The number of nitrogens with zero attached hydrogens (tertiary/aromatic N) is 4. The summed E-state index contributed by atoms with van der Waals surface area (Å²) in [6.07, 6.45) is 4.57. The molecule has 6 nitrogen and oxygen atoms in total. The highest BCUT2D eigenvalue weighted by Gasteiger charge is 2.34. The normalized spacial score (nSPS) is 19.2. The quantitative estimate of drug-likeness (QED) is 0.410. The first-order valence-electron chi connectivity index (χ1n) is 13.2. The fourth-order valence-corrected chi connectivity index (χ4v) is 5.98. The first-order valence-corrected chi connectivity index (χ1v) is 13.2. The standard InChI is InChI=1S/C30H34FN5O/c1-4-6-24-27(14-20-10-9-18(2)23-11-12-26(33)25(15-32)28(20)23)34-30(37-3)35-29(24)36-16-21(17-36)19-7-5-8-22(31)13-19/h5,7-8,11-13,18,20-21H,4,6,9-10,14,16-17,33H2,1-3H3/t18-,20-/m0/s1. The summed E-state index contributed by atoms with van der Waals surface area (Å²) in [5.41, 5.74) is 12.8. The summed E-state index contributed by atoms with van der Waals surface area (Å²) in [5.74, 6) is 1.53. The maximum atomic E-state index is 13.8. The smallest absolute Gasteiger partial charge is 0.318 e. The molecule has 0 saturated carbocycles. The molecule has 0 radical (unpaired) electrons. The second kappa shape index (κ2) is 10.4. The van der Waals surface area contributed by atoms with E-state index in [4.69, 9.17) is 20.4 Å². The van der Waals surface area contributed by atoms with Crippen LogP contribution in [0.15, 0.2) is 36.4 Å². The third kappa shape index (κ3) is 4.73. The van der Waals surface area contributed by atoms with E-state index in [0.29, 0.717) is 29.6 Å². The van der Waals surface area contributed by atoms with E-state index in [0.717, 1.165) is 67.0 Å². The van der Waals surface area contributed by atoms with E-state index in [1.165, 1.54) is 11.6 Å². The van der Waals surface area contributed by atoms with Crippen LogP contribution >= 0.6 is 0 Å². The van der Waals surface area contributed by atoms with Gasteiger partial charge in [-0.2, -0.15) is 15.2 Å². The molecule has 0 amide bonds. The lowest BCUT2D eigenvalue weighted by molar-refractivity contribution is 0.374. The average Bonchev–Trinajstić information content (AvgIpc) is 2.86. The largest absolute Gasteiger partial charge is 0.467 e. The molecule has 1 aromatic heterocycles. The van der Waals surface area contributed by atoms with Crippen molar-refractivity contribution in [1.82, 2.24) is 9.97 Å². The van der Waals surface area contributed by atoms with Gasteiger partial charge in [-0.3, -0.25) is 0 Å². The molecule has 1 fully saturated rings. The number of rotatable bonds is 7. The van der Waals surface area contributed by atoms with Gasteiger partial charge in [0.05, 0.1) is 18.4 Å². The molecule has 3 aromatic rings. The van der Waals surface area contributed by atoms with Crippen LogP contribution in [0.3, 0.4) is 0 Å². The van der Waals surface area contributed by atoms with Crippen LogP contribution < -0.4 is 15.4 Å². The van der Waals surface area contributed by atoms with Crippen molar-refractivity contribution >= 4 is 11.5 Å². The zero-order valence-corrected chi connectivity index (χ0v) is 21.8. The van der Waals surface area contributed by atoms with E-state index < -0.39 is 0 Å². The minimum atomic E-state index is -0.201. The summed E-state index contributed by atoms with van der Waals surface area (Å²) in [5, 5.41) is 9.95. The second-order valence-electron chi connectivity index (χ2n) is 10.4. The Hall–Kier alpha value is -3.66. The molecule has 7 heteroatoms. The lowest BCUT2D eigenvalue weighted by Crippen LogP contribution is -2.46. The fraction of sp³-hybridized carbons (Fsp3) is 0.433. The van der Waals surface area contributed by atoms with Crippen molar-refractivity contribution in [1.29, 1.82) is 5.26 Å². The molecular formula is C30H34FN5O. The summed E-state index contributed by atoms with van der Waals surface area (Å²) in [7, 11) is 1.60. The van der Waals surface area contributed by atoms with Gasteiger partial charge in [-0.15, -0.1) is 0 Å². The van der Waals surface area contributed by atoms with E-state index >= 15 is 0 Å². The van der Waals surface area contributed by atoms with Gasteiger partial charge in [0.1, 0.15) is 17.7 Å². The van der Waals surface area contributed by atoms with Gasteiger partial charge in [0, 0.05) is 30.3 Å². The van der Waals surface area contributed by atoms with Crippen molar-refractivity contribution < 1.29 is 9.13 Å². The average molecular weight is 500 g/mol. The first kappa shape index (κ1) is 25.0. The third-order valence-corrected chi connectivity index (χ3v) is 7.98. The molecule has 2 aromatic carbocycles. The maximum absolute atomic E-state index is 13.8. The predicted octanol–water partition coefficient (Wildman–Crippen LogP) is 5.86. The van der Waals surface area contributed by atoms with Gasteiger partial charge in [0.25, 0.3) is 0 Å². The highest BCUT2D eigenvalue weighted by Crippen LogP contribution is 2.44. The molecule has 1 aliphatic heterocycles. The van der Waals surface area contributed by atoms with E-state index in [1.807, 2.05) is 12.1 Å². The van der Waals surface area contributed by atoms with E-state index in [1.54, 1.807) is 19.2 Å². The molecule has 5 rings (SSSR count). The first-order chi connectivity index (χ1) is 17.9. The minimum absolute atomic E-state index is 0.156. The molecule has 37 heavy (non-hydrogen) atoms. The van der Waals surface area contributed by atoms with Gasteiger partial charge in [0.15, 0.2) is 0 Å². The number of nitrogens with two attached hydrogens (primary N) is 1. The molecule has 2 heterocycles. The molecule has 0 spiro atoms. The zero-order valence-electron chi connectivity index (χ0n) is 21.8. The van der Waals surface area contributed by atoms with Gasteiger partial charge in [-0.05, 0) is 72.4 Å². The number of methoxy groups -OCH3 is 1. The Balaban J connectivity index is 1.50. The number of ether oxygens (including phenoxy) is 1. The van der Waals surface area contributed by atoms with E-state index in [-0.39, 0.29) is 17.7 Å². The Morgan fingerprint density at radius 2 is 2.00 bits per heavy atom. The summed E-state index contributed by atoms with van der Waals surface area (Å²) < 4.78 is 19.3. The van der Waals surface area contributed by atoms with Gasteiger partial charge < -0.3 is 15.4 Å². The minimum Gasteiger partial charge on any atom is -0.467 e. The van der Waals surface area contributed by atoms with Crippen LogP contribution in [0, 0.1) is 17.1 Å². The fourth-order valence-electron chi connectivity index (χ4n) is 5.98. The van der Waals surface area contributed by atoms with Crippen molar-refractivity contribution in [2.24, 2.45) is 0 Å². The topological polar surface area (TPSA) is 88.1 Å². The Morgan fingerprint density at radius 1 is 1.19 bits per heavy atom. The number of halogens is 1. The maximum Gasteiger partial charge on any atom is 0.318 e. The SMILES string of the molecule is CCCc1c(C[C@@H]2CC[C@H](C)c3ccc(N)c(C#N)c32)nc(OC)nc1N1CC(c2cccc(F)c2)C1. The van der Waals surface area contributed by atoms with Crippen molar-refractivity contribution in [3.63, 3.8) is 0 Å². The molecule has 2 N–H and O–H groups in total. The molecule has 192 valence electrons. The number of hydrogen-bond donors (Lipinski definition) is 1. The van der Waals surface area contributed by atoms with Crippen LogP contribution in [-0.4, -0.2) is 30.2 Å². The zero-order chi connectivity index (χ0) is 26.1. The third-order valence-electron chi connectivity index (χ3n) is 7.98. The summed E-state index contributed by atoms with van der Waals surface area (Å²) in [4.78, 5) is 11.9. The van der Waals surface area contributed by atoms with E-state index in [2.05, 4.69) is 30.9 Å². The lowest BCUT2D eigenvalue weighted by Gasteiger charge is -2.41. The summed E-state index contributed by atoms with van der Waals surface area (Å²) >= 11 is 0. The van der Waals surface area contributed by atoms with Crippen molar-refractivity contribution in [2.45, 2.75) is 63.7 Å². The van der Waals surface area contributed by atoms with Crippen molar-refractivity contribution in [3.8, 4) is 12.1 Å². The second-order valence-corrected chi connectivity index (χ2v) is 10.4. The molecule has 0 unspecified atom stereocenters. The molecule has 2 aliphatic rings. The highest BCUT2D eigenvalue weighted by atomic mass is 19.1. The Bertz CT molecular complexity index is 1340. The number of anilines is 2. The number of aromatic nitrogens is 2. The number of fused-ring (bicyclic) bond motifs is 1. The van der Waals surface area contributed by atoms with Crippen LogP contribution in [0.5, 0.6) is 6.01 Å². The Labute approximate surface area is 218 Å². The van der Waals surface area contributed by atoms with Crippen LogP contribution in [0.4, 0.5) is 15.9 Å². The van der Waals surface area contributed by atoms with E-state index in [9.17, 15) is 9.65 Å². The summed E-state index contributed by atoms with van der Waals surface area (Å²) in [6, 6.07) is 13.6. The number of nitriles is 1. The number of benzene rings is 2. The van der Waals surface area contributed by atoms with Gasteiger partial charge in [0.2, 0.25) is 0 Å². The van der Waals surface area contributed by atoms with Crippen LogP contribution in [-0.2, 0) is 12.8 Å². The van der Waals surface area contributed by atoms with Gasteiger partial charge in [-0.25, -0.2) is 4.39 Å². The van der Waals surface area contributed by atoms with Gasteiger partial charge >= 0.3 is 6.01 Å². The lowest BCUT2D eigenvalue weighted by atomic mass is 9.73. The predicted molar refractivity (Wildman–Crippen MR) is 144 cm³/mol. The van der Waals surface area contributed by atoms with Crippen LogP contribution in [0.1, 0.15) is 84.4 Å². The molecule has 1 aliphatic carbocycles. The Kier molecular flexibility index (Phi) is 7.01. The Morgan fingerprint density at radius 3 is 2.70 bits per heavy atom. The molecule has 0 bridgehead atoms. The highest BCUT2D eigenvalue weighted by molar-refractivity contribution is 5.63. The molecular weight excluding hydrogens is 465 g/mol. The van der Waals surface area contributed by atoms with Gasteiger partial charge in [-0.1, -0.05) is 38.5 Å². The monoisotopic (exact) mass is 499 g/mol. The van der Waals surface area contributed by atoms with Crippen LogP contribution in [0.2, 0.25) is 0 Å².